The van der Waals surface area contributed by atoms with Crippen LogP contribution >= 0.6 is 0 Å². The highest BCUT2D eigenvalue weighted by Crippen LogP contribution is 1.87. The number of hydrogen-bond donors (Lipinski definition) is 1. The molecule has 1 N–H and O–H groups in total. The van der Waals surface area contributed by atoms with Crippen LogP contribution in [0.2, 0.25) is 0 Å². The zero-order valence-electron chi connectivity index (χ0n) is 8.60. The van der Waals surface area contributed by atoms with E-state index >= 15 is 0 Å². The first-order chi connectivity index (χ1) is 5.77. The Hall–Kier alpha value is -0.120. The van der Waals surface area contributed by atoms with Crippen LogP contribution < -0.4 is 5.32 Å². The second kappa shape index (κ2) is 8.97. The van der Waals surface area contributed by atoms with Gasteiger partial charge in [0.05, 0.1) is 0 Å². The van der Waals surface area contributed by atoms with E-state index in [0.717, 1.165) is 39.1 Å². The fourth-order valence-corrected chi connectivity index (χ4v) is 0.936. The van der Waals surface area contributed by atoms with Gasteiger partial charge < -0.3 is 15.0 Å². The van der Waals surface area contributed by atoms with Crippen molar-refractivity contribution in [2.45, 2.75) is 12.8 Å². The maximum Gasteiger partial charge on any atom is 0.0478 e. The van der Waals surface area contributed by atoms with Crippen LogP contribution in [0.25, 0.3) is 0 Å². The van der Waals surface area contributed by atoms with Crippen molar-refractivity contribution in [3.63, 3.8) is 0 Å². The molecule has 0 bridgehead atoms. The fraction of sp³-hybridized carbons (Fsp3) is 1.00. The van der Waals surface area contributed by atoms with Crippen LogP contribution in [0.5, 0.6) is 0 Å². The molecule has 0 rings (SSSR count). The number of nitrogens with zero attached hydrogens (tertiary/aromatic N) is 1. The fourth-order valence-electron chi connectivity index (χ4n) is 0.936. The molecule has 0 saturated carbocycles. The predicted octanol–water partition coefficient (Wildman–Crippen LogP) is 0.564. The van der Waals surface area contributed by atoms with E-state index in [1.807, 2.05) is 7.05 Å². The van der Waals surface area contributed by atoms with Crippen molar-refractivity contribution in [1.82, 2.24) is 10.2 Å². The van der Waals surface area contributed by atoms with Crippen LogP contribution in [-0.4, -0.2) is 52.3 Å². The molecule has 3 nitrogen and oxygen atoms in total. The van der Waals surface area contributed by atoms with Gasteiger partial charge in [-0.1, -0.05) is 0 Å². The highest BCUT2D eigenvalue weighted by atomic mass is 16.5. The summed E-state index contributed by atoms with van der Waals surface area (Å²) in [6, 6.07) is 0. The van der Waals surface area contributed by atoms with Crippen LogP contribution in [-0.2, 0) is 4.74 Å². The summed E-state index contributed by atoms with van der Waals surface area (Å²) < 4.78 is 5.42. The van der Waals surface area contributed by atoms with Gasteiger partial charge in [0.2, 0.25) is 0 Å². The molecule has 0 atom stereocenters. The maximum atomic E-state index is 5.42. The number of nitrogens with one attached hydrogen (secondary N) is 1. The maximum absolute atomic E-state index is 5.42. The van der Waals surface area contributed by atoms with Gasteiger partial charge in [-0.2, -0.15) is 0 Å². The Morgan fingerprint density at radius 2 is 1.83 bits per heavy atom. The van der Waals surface area contributed by atoms with Gasteiger partial charge in [0.25, 0.3) is 0 Å². The molecule has 0 aromatic rings. The van der Waals surface area contributed by atoms with Crippen LogP contribution in [0.1, 0.15) is 12.8 Å². The molecule has 0 aromatic heterocycles. The SMILES string of the molecule is CNCCCOCCCN(C)C. The van der Waals surface area contributed by atoms with Crippen molar-refractivity contribution in [3.05, 3.63) is 0 Å². The summed E-state index contributed by atoms with van der Waals surface area (Å²) in [5.41, 5.74) is 0. The van der Waals surface area contributed by atoms with E-state index in [1.165, 1.54) is 0 Å². The van der Waals surface area contributed by atoms with Crippen molar-refractivity contribution < 1.29 is 4.74 Å². The lowest BCUT2D eigenvalue weighted by molar-refractivity contribution is 0.124. The molecule has 0 aliphatic rings. The lowest BCUT2D eigenvalue weighted by Crippen LogP contribution is -2.15. The van der Waals surface area contributed by atoms with Gasteiger partial charge in [-0.25, -0.2) is 0 Å². The highest BCUT2D eigenvalue weighted by Gasteiger charge is 1.90. The third kappa shape index (κ3) is 9.88. The second-order valence-electron chi connectivity index (χ2n) is 3.23. The van der Waals surface area contributed by atoms with Crippen LogP contribution in [0.4, 0.5) is 0 Å². The summed E-state index contributed by atoms with van der Waals surface area (Å²) in [5.74, 6) is 0. The van der Waals surface area contributed by atoms with Gasteiger partial charge in [-0.15, -0.1) is 0 Å². The molecule has 0 unspecified atom stereocenters. The number of rotatable bonds is 8. The molecule has 0 heterocycles. The van der Waals surface area contributed by atoms with Crippen molar-refractivity contribution in [3.8, 4) is 0 Å². The molecule has 74 valence electrons. The number of ether oxygens (including phenoxy) is 1. The summed E-state index contributed by atoms with van der Waals surface area (Å²) in [5, 5.41) is 3.09. The molecule has 0 spiro atoms. The summed E-state index contributed by atoms with van der Waals surface area (Å²) in [6.45, 7) is 3.94. The largest absolute Gasteiger partial charge is 0.381 e. The topological polar surface area (TPSA) is 24.5 Å². The zero-order chi connectivity index (χ0) is 9.23. The molecule has 0 aromatic carbocycles. The van der Waals surface area contributed by atoms with Gasteiger partial charge in [0.1, 0.15) is 0 Å². The minimum absolute atomic E-state index is 0.883. The summed E-state index contributed by atoms with van der Waals surface area (Å²) in [6.07, 6.45) is 2.24. The first-order valence-corrected chi connectivity index (χ1v) is 4.64. The summed E-state index contributed by atoms with van der Waals surface area (Å²) >= 11 is 0. The van der Waals surface area contributed by atoms with Gasteiger partial charge in [0, 0.05) is 13.2 Å². The van der Waals surface area contributed by atoms with E-state index in [0.29, 0.717) is 0 Å². The monoisotopic (exact) mass is 174 g/mol. The van der Waals surface area contributed by atoms with Crippen molar-refractivity contribution in [2.24, 2.45) is 0 Å². The molecule has 3 heteroatoms. The molecule has 12 heavy (non-hydrogen) atoms. The van der Waals surface area contributed by atoms with Crippen LogP contribution in [0.15, 0.2) is 0 Å². The van der Waals surface area contributed by atoms with Crippen LogP contribution in [0.3, 0.4) is 0 Å². The molecule has 0 saturated heterocycles. The summed E-state index contributed by atoms with van der Waals surface area (Å²) in [7, 11) is 6.13. The zero-order valence-corrected chi connectivity index (χ0v) is 8.60. The standard InChI is InChI=1S/C9H22N2O/c1-10-6-4-8-12-9-5-7-11(2)3/h10H,4-9H2,1-3H3. The number of hydrogen-bond acceptors (Lipinski definition) is 3. The molecule has 0 aliphatic carbocycles. The van der Waals surface area contributed by atoms with E-state index in [9.17, 15) is 0 Å². The lowest BCUT2D eigenvalue weighted by atomic mass is 10.4. The Balaban J connectivity index is 2.82. The molecule has 0 radical (unpaired) electrons. The van der Waals surface area contributed by atoms with Gasteiger partial charge in [0.15, 0.2) is 0 Å². The molecule has 0 aliphatic heterocycles. The Morgan fingerprint density at radius 3 is 2.42 bits per heavy atom. The Labute approximate surface area is 76.1 Å². The van der Waals surface area contributed by atoms with E-state index in [2.05, 4.69) is 24.3 Å². The van der Waals surface area contributed by atoms with Gasteiger partial charge in [-0.05, 0) is 47.1 Å². The second-order valence-corrected chi connectivity index (χ2v) is 3.23. The Morgan fingerprint density at radius 1 is 1.17 bits per heavy atom. The minimum atomic E-state index is 0.883. The van der Waals surface area contributed by atoms with E-state index in [1.54, 1.807) is 0 Å². The van der Waals surface area contributed by atoms with E-state index in [4.69, 9.17) is 4.74 Å². The first-order valence-electron chi connectivity index (χ1n) is 4.64. The smallest absolute Gasteiger partial charge is 0.0478 e. The van der Waals surface area contributed by atoms with Crippen molar-refractivity contribution in [1.29, 1.82) is 0 Å². The molecular weight excluding hydrogens is 152 g/mol. The van der Waals surface area contributed by atoms with Gasteiger partial charge in [-0.3, -0.25) is 0 Å². The Kier molecular flexibility index (Phi) is 8.88. The highest BCUT2D eigenvalue weighted by molar-refractivity contribution is 4.44. The molecule has 0 amide bonds. The first kappa shape index (κ1) is 11.9. The third-order valence-electron chi connectivity index (χ3n) is 1.61. The molecule has 0 fully saturated rings. The summed E-state index contributed by atoms with van der Waals surface area (Å²) in [4.78, 5) is 2.18. The lowest BCUT2D eigenvalue weighted by Gasteiger charge is -2.09. The average molecular weight is 174 g/mol. The average Bonchev–Trinajstić information content (AvgIpc) is 2.02. The van der Waals surface area contributed by atoms with E-state index in [-0.39, 0.29) is 0 Å². The predicted molar refractivity (Wildman–Crippen MR) is 52.5 cm³/mol. The van der Waals surface area contributed by atoms with E-state index < -0.39 is 0 Å². The minimum Gasteiger partial charge on any atom is -0.381 e. The molecular formula is C9H22N2O. The van der Waals surface area contributed by atoms with Gasteiger partial charge >= 0.3 is 0 Å². The normalized spacial score (nSPS) is 11.0. The Bertz CT molecular complexity index is 86.6. The van der Waals surface area contributed by atoms with Crippen LogP contribution in [0, 0.1) is 0 Å². The third-order valence-corrected chi connectivity index (χ3v) is 1.61. The van der Waals surface area contributed by atoms with Crippen molar-refractivity contribution >= 4 is 0 Å². The van der Waals surface area contributed by atoms with Crippen molar-refractivity contribution in [2.75, 3.05) is 47.4 Å². The quantitative estimate of drug-likeness (QED) is 0.544.